The van der Waals surface area contributed by atoms with Gasteiger partial charge in [0.25, 0.3) is 0 Å². The molecule has 4 nitrogen and oxygen atoms in total. The molecule has 2 N–H and O–H groups in total. The van der Waals surface area contributed by atoms with Gasteiger partial charge in [0.1, 0.15) is 0 Å². The number of carboxylic acid groups (broad SMARTS) is 1. The molecule has 0 unspecified atom stereocenters. The number of hydrogen-bond acceptors (Lipinski definition) is 2. The molecule has 0 saturated heterocycles. The average molecular weight is 277 g/mol. The number of amides is 1. The lowest BCUT2D eigenvalue weighted by Crippen LogP contribution is -2.12. The second-order valence-electron chi connectivity index (χ2n) is 4.87. The van der Waals surface area contributed by atoms with Crippen LogP contribution in [0.5, 0.6) is 0 Å². The fourth-order valence-corrected chi connectivity index (χ4v) is 2.08. The van der Waals surface area contributed by atoms with Crippen molar-refractivity contribution in [1.82, 2.24) is 0 Å². The van der Waals surface area contributed by atoms with E-state index in [4.69, 9.17) is 5.11 Å². The van der Waals surface area contributed by atoms with Gasteiger partial charge in [0.05, 0.1) is 0 Å². The van der Waals surface area contributed by atoms with Gasteiger partial charge >= 0.3 is 5.97 Å². The van der Waals surface area contributed by atoms with Crippen LogP contribution in [0.2, 0.25) is 0 Å². The van der Waals surface area contributed by atoms with Gasteiger partial charge in [0.15, 0.2) is 0 Å². The lowest BCUT2D eigenvalue weighted by atomic mass is 10.1. The fraction of sp³-hybridized carbons (Fsp3) is 0.500. The molecule has 0 bridgehead atoms. The minimum Gasteiger partial charge on any atom is -0.481 e. The molecule has 0 heterocycles. The Bertz CT molecular complexity index is 443. The van der Waals surface area contributed by atoms with Crippen molar-refractivity contribution >= 4 is 17.6 Å². The van der Waals surface area contributed by atoms with E-state index >= 15 is 0 Å². The lowest BCUT2D eigenvalue weighted by molar-refractivity contribution is -0.137. The molecule has 20 heavy (non-hydrogen) atoms. The van der Waals surface area contributed by atoms with Gasteiger partial charge < -0.3 is 10.4 Å². The number of aryl methyl sites for hydroxylation is 1. The van der Waals surface area contributed by atoms with E-state index < -0.39 is 5.97 Å². The second kappa shape index (κ2) is 9.13. The van der Waals surface area contributed by atoms with Crippen LogP contribution in [-0.2, 0) is 16.0 Å². The average Bonchev–Trinajstić information content (AvgIpc) is 2.43. The summed E-state index contributed by atoms with van der Waals surface area (Å²) in [6.45, 7) is 2.06. The normalized spacial score (nSPS) is 10.2. The van der Waals surface area contributed by atoms with Crippen LogP contribution < -0.4 is 5.32 Å². The minimum atomic E-state index is -0.751. The van der Waals surface area contributed by atoms with Crippen LogP contribution in [0, 0.1) is 0 Å². The van der Waals surface area contributed by atoms with Gasteiger partial charge in [-0.2, -0.15) is 0 Å². The molecular weight excluding hydrogens is 254 g/mol. The van der Waals surface area contributed by atoms with Crippen LogP contribution >= 0.6 is 0 Å². The van der Waals surface area contributed by atoms with Crippen LogP contribution in [0.15, 0.2) is 24.3 Å². The predicted octanol–water partition coefficient (Wildman–Crippen LogP) is 3.61. The SMILES string of the molecule is CCc1ccccc1NC(=O)CCCCCCC(=O)O. The highest BCUT2D eigenvalue weighted by Gasteiger charge is 2.05. The van der Waals surface area contributed by atoms with Crippen molar-refractivity contribution in [3.05, 3.63) is 29.8 Å². The molecule has 0 aromatic heterocycles. The third-order valence-electron chi connectivity index (χ3n) is 3.22. The highest BCUT2D eigenvalue weighted by molar-refractivity contribution is 5.91. The Labute approximate surface area is 120 Å². The first-order chi connectivity index (χ1) is 9.63. The van der Waals surface area contributed by atoms with Crippen molar-refractivity contribution in [2.75, 3.05) is 5.32 Å². The van der Waals surface area contributed by atoms with E-state index in [1.807, 2.05) is 24.3 Å². The summed E-state index contributed by atoms with van der Waals surface area (Å²) < 4.78 is 0. The van der Waals surface area contributed by atoms with Crippen LogP contribution in [0.1, 0.15) is 51.0 Å². The summed E-state index contributed by atoms with van der Waals surface area (Å²) in [4.78, 5) is 22.2. The van der Waals surface area contributed by atoms with Crippen molar-refractivity contribution in [3.63, 3.8) is 0 Å². The van der Waals surface area contributed by atoms with E-state index in [2.05, 4.69) is 12.2 Å². The summed E-state index contributed by atoms with van der Waals surface area (Å²) >= 11 is 0. The number of unbranched alkanes of at least 4 members (excludes halogenated alkanes) is 3. The van der Waals surface area contributed by atoms with Gasteiger partial charge in [0, 0.05) is 18.5 Å². The maximum atomic E-state index is 11.8. The van der Waals surface area contributed by atoms with Crippen molar-refractivity contribution in [1.29, 1.82) is 0 Å². The van der Waals surface area contributed by atoms with Crippen molar-refractivity contribution < 1.29 is 14.7 Å². The number of benzene rings is 1. The maximum absolute atomic E-state index is 11.8. The number of para-hydroxylation sites is 1. The molecule has 0 aliphatic heterocycles. The van der Waals surface area contributed by atoms with Gasteiger partial charge in [-0.05, 0) is 30.9 Å². The standard InChI is InChI=1S/C16H23NO3/c1-2-13-9-7-8-10-14(13)17-15(18)11-5-3-4-6-12-16(19)20/h7-10H,2-6,11-12H2,1H3,(H,17,18)(H,19,20). The Morgan fingerprint density at radius 3 is 2.35 bits per heavy atom. The summed E-state index contributed by atoms with van der Waals surface area (Å²) in [5.74, 6) is -0.719. The first-order valence-corrected chi connectivity index (χ1v) is 7.23. The molecule has 0 aliphatic carbocycles. The summed E-state index contributed by atoms with van der Waals surface area (Å²) in [5.41, 5.74) is 2.04. The molecule has 0 fully saturated rings. The number of rotatable bonds is 9. The highest BCUT2D eigenvalue weighted by Crippen LogP contribution is 2.16. The zero-order chi connectivity index (χ0) is 14.8. The summed E-state index contributed by atoms with van der Waals surface area (Å²) in [6, 6.07) is 7.82. The molecule has 1 aromatic carbocycles. The minimum absolute atomic E-state index is 0.0316. The monoisotopic (exact) mass is 277 g/mol. The van der Waals surface area contributed by atoms with Crippen LogP contribution in [0.3, 0.4) is 0 Å². The predicted molar refractivity (Wildman–Crippen MR) is 79.8 cm³/mol. The number of nitrogens with one attached hydrogen (secondary N) is 1. The van der Waals surface area contributed by atoms with Gasteiger partial charge in [-0.1, -0.05) is 38.0 Å². The number of carbonyl (C=O) groups excluding carboxylic acids is 1. The summed E-state index contributed by atoms with van der Waals surface area (Å²) in [7, 11) is 0. The molecule has 0 spiro atoms. The van der Waals surface area contributed by atoms with Crippen LogP contribution in [0.4, 0.5) is 5.69 Å². The lowest BCUT2D eigenvalue weighted by Gasteiger charge is -2.09. The number of hydrogen-bond donors (Lipinski definition) is 2. The van der Waals surface area contributed by atoms with E-state index in [0.29, 0.717) is 12.8 Å². The topological polar surface area (TPSA) is 66.4 Å². The van der Waals surface area contributed by atoms with Gasteiger partial charge in [-0.3, -0.25) is 9.59 Å². The molecular formula is C16H23NO3. The number of anilines is 1. The first-order valence-electron chi connectivity index (χ1n) is 7.23. The molecule has 0 radical (unpaired) electrons. The highest BCUT2D eigenvalue weighted by atomic mass is 16.4. The van der Waals surface area contributed by atoms with Crippen LogP contribution in [-0.4, -0.2) is 17.0 Å². The van der Waals surface area contributed by atoms with Crippen molar-refractivity contribution in [3.8, 4) is 0 Å². The van der Waals surface area contributed by atoms with Crippen molar-refractivity contribution in [2.24, 2.45) is 0 Å². The smallest absolute Gasteiger partial charge is 0.303 e. The Balaban J connectivity index is 2.22. The second-order valence-corrected chi connectivity index (χ2v) is 4.87. The van der Waals surface area contributed by atoms with Crippen LogP contribution in [0.25, 0.3) is 0 Å². The van der Waals surface area contributed by atoms with Gasteiger partial charge in [0.2, 0.25) is 5.91 Å². The summed E-state index contributed by atoms with van der Waals surface area (Å²) in [6.07, 6.45) is 4.86. The largest absolute Gasteiger partial charge is 0.481 e. The quantitative estimate of drug-likeness (QED) is 0.677. The zero-order valence-electron chi connectivity index (χ0n) is 12.0. The molecule has 0 aliphatic rings. The van der Waals surface area contributed by atoms with E-state index in [-0.39, 0.29) is 12.3 Å². The molecule has 0 saturated carbocycles. The fourth-order valence-electron chi connectivity index (χ4n) is 2.08. The maximum Gasteiger partial charge on any atom is 0.303 e. The Morgan fingerprint density at radius 2 is 1.70 bits per heavy atom. The molecule has 1 amide bonds. The summed E-state index contributed by atoms with van der Waals surface area (Å²) in [5, 5.41) is 11.4. The van der Waals surface area contributed by atoms with E-state index in [1.165, 1.54) is 0 Å². The van der Waals surface area contributed by atoms with E-state index in [9.17, 15) is 9.59 Å². The van der Waals surface area contributed by atoms with E-state index in [1.54, 1.807) is 0 Å². The Morgan fingerprint density at radius 1 is 1.05 bits per heavy atom. The molecule has 0 atom stereocenters. The number of aliphatic carboxylic acids is 1. The zero-order valence-corrected chi connectivity index (χ0v) is 12.0. The molecule has 4 heteroatoms. The molecule has 1 rings (SSSR count). The van der Waals surface area contributed by atoms with Gasteiger partial charge in [-0.15, -0.1) is 0 Å². The number of carboxylic acids is 1. The Kier molecular flexibility index (Phi) is 7.40. The molecule has 110 valence electrons. The molecule has 1 aromatic rings. The third-order valence-corrected chi connectivity index (χ3v) is 3.22. The third kappa shape index (κ3) is 6.36. The van der Waals surface area contributed by atoms with E-state index in [0.717, 1.165) is 36.9 Å². The first kappa shape index (κ1) is 16.2. The number of carbonyl (C=O) groups is 2. The van der Waals surface area contributed by atoms with Crippen molar-refractivity contribution in [2.45, 2.75) is 51.9 Å². The van der Waals surface area contributed by atoms with Gasteiger partial charge in [-0.25, -0.2) is 0 Å². The Hall–Kier alpha value is -1.84.